The number of thiazole rings is 1. The van der Waals surface area contributed by atoms with Crippen molar-refractivity contribution in [2.24, 2.45) is 0 Å². The Bertz CT molecular complexity index is 889. The van der Waals surface area contributed by atoms with Gasteiger partial charge in [0.05, 0.1) is 18.4 Å². The van der Waals surface area contributed by atoms with Gasteiger partial charge in [-0.25, -0.2) is 9.78 Å². The number of ether oxygens (including phenoxy) is 1. The van der Waals surface area contributed by atoms with E-state index in [1.807, 2.05) is 36.6 Å². The van der Waals surface area contributed by atoms with E-state index in [4.69, 9.17) is 16.3 Å². The first-order valence-corrected chi connectivity index (χ1v) is 8.71. The number of aromatic nitrogens is 1. The smallest absolute Gasteiger partial charge is 0.337 e. The topological polar surface area (TPSA) is 39.2 Å². The minimum absolute atomic E-state index is 0.345. The molecule has 0 unspecified atom stereocenters. The monoisotopic (exact) mass is 357 g/mol. The maximum absolute atomic E-state index is 11.7. The zero-order valence-corrected chi connectivity index (χ0v) is 14.9. The predicted octanol–water partition coefficient (Wildman–Crippen LogP) is 5.15. The lowest BCUT2D eigenvalue weighted by Gasteiger charge is -2.03. The van der Waals surface area contributed by atoms with Crippen LogP contribution in [0.15, 0.2) is 47.8 Å². The molecule has 0 spiro atoms. The average Bonchev–Trinajstić information content (AvgIpc) is 3.06. The number of carbonyl (C=O) groups excluding carboxylic acids is 1. The van der Waals surface area contributed by atoms with Crippen molar-refractivity contribution in [2.45, 2.75) is 13.3 Å². The van der Waals surface area contributed by atoms with Crippen LogP contribution in [0.5, 0.6) is 0 Å². The molecule has 0 fully saturated rings. The summed E-state index contributed by atoms with van der Waals surface area (Å²) in [6, 6.07) is 13.4. The molecule has 0 aliphatic heterocycles. The molecule has 3 nitrogen and oxygen atoms in total. The highest BCUT2D eigenvalue weighted by Crippen LogP contribution is 2.26. The molecule has 0 saturated heterocycles. The Morgan fingerprint density at radius 2 is 2.08 bits per heavy atom. The number of halogens is 1. The molecular formula is C19H16ClNO2S. The Hall–Kier alpha value is -2.17. The van der Waals surface area contributed by atoms with Crippen molar-refractivity contribution in [3.05, 3.63) is 75.3 Å². The number of rotatable bonds is 4. The third-order valence-corrected chi connectivity index (χ3v) is 5.05. The summed E-state index contributed by atoms with van der Waals surface area (Å²) in [4.78, 5) is 16.3. The van der Waals surface area contributed by atoms with Crippen molar-refractivity contribution in [1.82, 2.24) is 4.98 Å². The van der Waals surface area contributed by atoms with Gasteiger partial charge in [0.2, 0.25) is 0 Å². The quantitative estimate of drug-likeness (QED) is 0.606. The number of carbonyl (C=O) groups is 1. The van der Waals surface area contributed by atoms with E-state index in [-0.39, 0.29) is 5.97 Å². The lowest BCUT2D eigenvalue weighted by atomic mass is 10.1. The molecule has 1 aromatic heterocycles. The van der Waals surface area contributed by atoms with Gasteiger partial charge in [0.1, 0.15) is 5.01 Å². The molecule has 0 amide bonds. The highest BCUT2D eigenvalue weighted by Gasteiger charge is 2.10. The van der Waals surface area contributed by atoms with Gasteiger partial charge in [-0.05, 0) is 36.2 Å². The number of benzene rings is 2. The summed E-state index contributed by atoms with van der Waals surface area (Å²) < 4.78 is 4.76. The first kappa shape index (κ1) is 16.7. The van der Waals surface area contributed by atoms with E-state index in [0.717, 1.165) is 38.8 Å². The maximum Gasteiger partial charge on any atom is 0.337 e. The molecule has 0 N–H and O–H groups in total. The summed E-state index contributed by atoms with van der Waals surface area (Å²) in [5.41, 5.74) is 4.62. The third kappa shape index (κ3) is 3.66. The largest absolute Gasteiger partial charge is 0.465 e. The fourth-order valence-corrected chi connectivity index (χ4v) is 3.39. The molecule has 0 saturated carbocycles. The molecule has 0 aliphatic rings. The fourth-order valence-electron chi connectivity index (χ4n) is 2.37. The van der Waals surface area contributed by atoms with Crippen LogP contribution in [0.3, 0.4) is 0 Å². The Morgan fingerprint density at radius 1 is 1.25 bits per heavy atom. The number of aryl methyl sites for hydroxylation is 1. The molecule has 0 bridgehead atoms. The summed E-state index contributed by atoms with van der Waals surface area (Å²) >= 11 is 7.74. The zero-order chi connectivity index (χ0) is 17.1. The number of nitrogens with zero attached hydrogens (tertiary/aromatic N) is 1. The van der Waals surface area contributed by atoms with Gasteiger partial charge >= 0.3 is 5.97 Å². The van der Waals surface area contributed by atoms with E-state index in [1.54, 1.807) is 23.5 Å². The van der Waals surface area contributed by atoms with E-state index in [2.05, 4.69) is 11.1 Å². The number of esters is 1. The van der Waals surface area contributed by atoms with Gasteiger partial charge in [0.25, 0.3) is 0 Å². The number of methoxy groups -OCH3 is 1. The molecule has 3 aromatic rings. The number of hydrogen-bond acceptors (Lipinski definition) is 4. The standard InChI is InChI=1S/C19H16ClNO2S/c1-12-6-7-13(9-17(12)20)8-16-11-24-18(21-16)14-4-3-5-15(10-14)19(22)23-2/h3-7,9-11H,8H2,1-2H3. The highest BCUT2D eigenvalue weighted by atomic mass is 35.5. The number of hydrogen-bond donors (Lipinski definition) is 0. The van der Waals surface area contributed by atoms with Gasteiger partial charge < -0.3 is 4.74 Å². The highest BCUT2D eigenvalue weighted by molar-refractivity contribution is 7.13. The predicted molar refractivity (Wildman–Crippen MR) is 97.9 cm³/mol. The van der Waals surface area contributed by atoms with E-state index in [9.17, 15) is 4.79 Å². The SMILES string of the molecule is COC(=O)c1cccc(-c2nc(Cc3ccc(C)c(Cl)c3)cs2)c1. The van der Waals surface area contributed by atoms with Crippen molar-refractivity contribution >= 4 is 28.9 Å². The Kier molecular flexibility index (Phi) is 4.97. The summed E-state index contributed by atoms with van der Waals surface area (Å²) in [6.45, 7) is 1.99. The van der Waals surface area contributed by atoms with Crippen molar-refractivity contribution in [3.8, 4) is 10.6 Å². The van der Waals surface area contributed by atoms with Crippen molar-refractivity contribution < 1.29 is 9.53 Å². The molecule has 2 aromatic carbocycles. The van der Waals surface area contributed by atoms with E-state index in [0.29, 0.717) is 5.56 Å². The fraction of sp³-hybridized carbons (Fsp3) is 0.158. The minimum atomic E-state index is -0.345. The molecule has 3 rings (SSSR count). The van der Waals surface area contributed by atoms with Crippen LogP contribution in [0.25, 0.3) is 10.6 Å². The molecule has 0 atom stereocenters. The van der Waals surface area contributed by atoms with Crippen molar-refractivity contribution in [1.29, 1.82) is 0 Å². The molecule has 122 valence electrons. The van der Waals surface area contributed by atoms with Crippen LogP contribution < -0.4 is 0 Å². The summed E-state index contributed by atoms with van der Waals surface area (Å²) in [5.74, 6) is -0.345. The van der Waals surface area contributed by atoms with Gasteiger partial charge in [-0.15, -0.1) is 11.3 Å². The Balaban J connectivity index is 1.83. The van der Waals surface area contributed by atoms with E-state index in [1.165, 1.54) is 7.11 Å². The van der Waals surface area contributed by atoms with Crippen LogP contribution in [-0.4, -0.2) is 18.1 Å². The van der Waals surface area contributed by atoms with Gasteiger partial charge in [-0.3, -0.25) is 0 Å². The second-order valence-corrected chi connectivity index (χ2v) is 6.74. The van der Waals surface area contributed by atoms with Crippen molar-refractivity contribution in [3.63, 3.8) is 0 Å². The second-order valence-electron chi connectivity index (χ2n) is 5.48. The van der Waals surface area contributed by atoms with Crippen LogP contribution in [0.2, 0.25) is 5.02 Å². The van der Waals surface area contributed by atoms with Gasteiger partial charge in [-0.1, -0.05) is 35.9 Å². The molecule has 1 heterocycles. The molecule has 5 heteroatoms. The first-order valence-electron chi connectivity index (χ1n) is 7.45. The lowest BCUT2D eigenvalue weighted by Crippen LogP contribution is -2.00. The zero-order valence-electron chi connectivity index (χ0n) is 13.4. The van der Waals surface area contributed by atoms with Gasteiger partial charge in [0, 0.05) is 22.4 Å². The lowest BCUT2D eigenvalue weighted by molar-refractivity contribution is 0.0601. The van der Waals surface area contributed by atoms with Crippen molar-refractivity contribution in [2.75, 3.05) is 7.11 Å². The van der Waals surface area contributed by atoms with E-state index >= 15 is 0 Å². The Labute approximate surface area is 149 Å². The Morgan fingerprint density at radius 3 is 2.83 bits per heavy atom. The third-order valence-electron chi connectivity index (χ3n) is 3.70. The van der Waals surface area contributed by atoms with Crippen LogP contribution in [-0.2, 0) is 11.2 Å². The van der Waals surface area contributed by atoms with Crippen LogP contribution in [0.4, 0.5) is 0 Å². The van der Waals surface area contributed by atoms with Crippen LogP contribution >= 0.6 is 22.9 Å². The van der Waals surface area contributed by atoms with E-state index < -0.39 is 0 Å². The summed E-state index contributed by atoms with van der Waals surface area (Å²) in [6.07, 6.45) is 0.729. The molecular weight excluding hydrogens is 342 g/mol. The molecule has 0 radical (unpaired) electrons. The normalized spacial score (nSPS) is 10.6. The minimum Gasteiger partial charge on any atom is -0.465 e. The average molecular weight is 358 g/mol. The van der Waals surface area contributed by atoms with Crippen LogP contribution in [0, 0.1) is 6.92 Å². The summed E-state index contributed by atoms with van der Waals surface area (Å²) in [7, 11) is 1.38. The van der Waals surface area contributed by atoms with Gasteiger partial charge in [0.15, 0.2) is 0 Å². The van der Waals surface area contributed by atoms with Gasteiger partial charge in [-0.2, -0.15) is 0 Å². The van der Waals surface area contributed by atoms with Crippen LogP contribution in [0.1, 0.15) is 27.2 Å². The molecule has 24 heavy (non-hydrogen) atoms. The maximum atomic E-state index is 11.7. The summed E-state index contributed by atoms with van der Waals surface area (Å²) in [5, 5.41) is 3.69. The second kappa shape index (κ2) is 7.16. The first-order chi connectivity index (χ1) is 11.6. The molecule has 0 aliphatic carbocycles.